The molecule has 630 valence electrons. The van der Waals surface area contributed by atoms with Crippen LogP contribution in [0.15, 0.2) is 78.3 Å². The summed E-state index contributed by atoms with van der Waals surface area (Å²) in [5.74, 6) is -8.53. The first-order chi connectivity index (χ1) is 54.3. The molecular weight excluding hydrogens is 1480 g/mol. The van der Waals surface area contributed by atoms with Gasteiger partial charge >= 0.3 is 12.1 Å². The minimum Gasteiger partial charge on any atom is -0.431 e. The molecular formula is C84H125N11O18S. The molecule has 0 bridgehead atoms. The van der Waals surface area contributed by atoms with Crippen LogP contribution in [0, 0.1) is 47.3 Å². The molecule has 4 heterocycles. The lowest BCUT2D eigenvalue weighted by atomic mass is 9.80. The summed E-state index contributed by atoms with van der Waals surface area (Å²) < 4.78 is 23.5. The van der Waals surface area contributed by atoms with Crippen LogP contribution in [0.5, 0.6) is 0 Å². The molecule has 2 aromatic carbocycles. The van der Waals surface area contributed by atoms with Gasteiger partial charge in [-0.2, -0.15) is 0 Å². The smallest absolute Gasteiger partial charge is 0.411 e. The van der Waals surface area contributed by atoms with E-state index in [1.807, 2.05) is 77.4 Å². The Labute approximate surface area is 676 Å². The topological polar surface area (TPSA) is 374 Å². The van der Waals surface area contributed by atoms with E-state index in [-0.39, 0.29) is 162 Å². The SMILES string of the molecule is CC[C@H](C)[C@@H]([C@@H](CC(=O)N1CCC[C@H]1[C@H](CO)[C@@H](C)C(=O)C[C@@H](Cc1ccccc1)c1nccs1)OC)N(C)C(=O)[C@@H](CC(=O)[C@H](C(C)C)N(C)C(=O)OC(C(=O)N1CCN(C)CC1)c1ccc(NC(=O)[C@H](CCCNC(N)=O)CC(=O)[C@@H](NC(=O)CCOCCOCCCC(=O)CCN2C(=O)C=CC2=O)C(C)C)cc1)C(C)C. The number of imide groups is 1. The van der Waals surface area contributed by atoms with E-state index in [9.17, 15) is 57.8 Å². The van der Waals surface area contributed by atoms with Crippen molar-refractivity contribution in [2.24, 2.45) is 53.1 Å². The average molecular weight is 1610 g/mol. The summed E-state index contributed by atoms with van der Waals surface area (Å²) in [6, 6.07) is 12.1. The molecule has 1 aromatic heterocycles. The van der Waals surface area contributed by atoms with Gasteiger partial charge in [-0.1, -0.05) is 111 Å². The van der Waals surface area contributed by atoms with Crippen molar-refractivity contribution < 1.29 is 86.4 Å². The third kappa shape index (κ3) is 28.4. The van der Waals surface area contributed by atoms with Crippen LogP contribution in [0.25, 0.3) is 0 Å². The number of likely N-dealkylation sites (N-methyl/N-ethyl adjacent to an activating group) is 3. The van der Waals surface area contributed by atoms with Crippen molar-refractivity contribution >= 4 is 93.6 Å². The van der Waals surface area contributed by atoms with Crippen LogP contribution in [0.2, 0.25) is 0 Å². The first-order valence-corrected chi connectivity index (χ1v) is 41.2. The van der Waals surface area contributed by atoms with Crippen molar-refractivity contribution in [1.29, 1.82) is 0 Å². The maximum absolute atomic E-state index is 15.2. The lowest BCUT2D eigenvalue weighted by Gasteiger charge is -2.41. The highest BCUT2D eigenvalue weighted by atomic mass is 32.1. The molecule has 2 saturated heterocycles. The van der Waals surface area contributed by atoms with Crippen molar-refractivity contribution in [3.8, 4) is 0 Å². The Morgan fingerprint density at radius 1 is 0.737 bits per heavy atom. The molecule has 30 heteroatoms. The lowest BCUT2D eigenvalue weighted by molar-refractivity contribution is -0.148. The third-order valence-electron chi connectivity index (χ3n) is 22.4. The number of aliphatic hydroxyl groups excluding tert-OH is 1. The van der Waals surface area contributed by atoms with E-state index >= 15 is 9.59 Å². The number of amides is 10. The summed E-state index contributed by atoms with van der Waals surface area (Å²) in [5, 5.41) is 22.0. The van der Waals surface area contributed by atoms with E-state index in [4.69, 9.17) is 24.7 Å². The number of piperazine rings is 1. The number of likely N-dealkylation sites (tertiary alicyclic amines) is 1. The molecule has 114 heavy (non-hydrogen) atoms. The van der Waals surface area contributed by atoms with Crippen LogP contribution < -0.4 is 21.7 Å². The Morgan fingerprint density at radius 3 is 2.00 bits per heavy atom. The Bertz CT molecular complexity index is 3670. The number of nitrogens with one attached hydrogen (secondary N) is 3. The van der Waals surface area contributed by atoms with E-state index in [1.54, 1.807) is 55.6 Å². The lowest BCUT2D eigenvalue weighted by Crippen LogP contribution is -2.54. The molecule has 29 nitrogen and oxygen atoms in total. The van der Waals surface area contributed by atoms with Gasteiger partial charge in [0.05, 0.1) is 55.5 Å². The van der Waals surface area contributed by atoms with Gasteiger partial charge in [0, 0.05) is 189 Å². The number of nitrogens with zero attached hydrogens (tertiary/aromatic N) is 7. The fraction of sp³-hybridized carbons (Fsp3) is 0.643. The highest BCUT2D eigenvalue weighted by Crippen LogP contribution is 2.36. The van der Waals surface area contributed by atoms with E-state index < -0.39 is 119 Å². The molecule has 3 aromatic rings. The Hall–Kier alpha value is -8.68. The second-order valence-electron chi connectivity index (χ2n) is 31.6. The monoisotopic (exact) mass is 1610 g/mol. The molecule has 1 unspecified atom stereocenters. The molecule has 6 N–H and O–H groups in total. The van der Waals surface area contributed by atoms with Gasteiger partial charge < -0.3 is 70.2 Å². The summed E-state index contributed by atoms with van der Waals surface area (Å²) in [5.41, 5.74) is 6.93. The maximum Gasteiger partial charge on any atom is 0.411 e. The molecule has 0 radical (unpaired) electrons. The number of Topliss-reactive ketones (excluding diaryl/α,β-unsaturated/α-hetero) is 4. The second kappa shape index (κ2) is 47.4. The third-order valence-corrected chi connectivity index (χ3v) is 23.3. The van der Waals surface area contributed by atoms with Gasteiger partial charge in [-0.25, -0.2) is 14.6 Å². The summed E-state index contributed by atoms with van der Waals surface area (Å²) >= 11 is 1.51. The van der Waals surface area contributed by atoms with E-state index in [1.165, 1.54) is 61.9 Å². The Morgan fingerprint density at radius 2 is 1.40 bits per heavy atom. The number of ketones is 4. The number of methoxy groups -OCH3 is 1. The normalized spacial score (nSPS) is 17.5. The predicted octanol–water partition coefficient (Wildman–Crippen LogP) is 7.97. The highest BCUT2D eigenvalue weighted by Gasteiger charge is 2.45. The molecule has 12 atom stereocenters. The number of carbonyl (C=O) groups is 13. The van der Waals surface area contributed by atoms with Crippen molar-refractivity contribution in [3.05, 3.63) is 94.5 Å². The molecule has 3 aliphatic rings. The van der Waals surface area contributed by atoms with Gasteiger partial charge in [0.2, 0.25) is 29.7 Å². The number of aromatic nitrogens is 1. The number of hydrogen-bond donors (Lipinski definition) is 5. The number of anilines is 1. The van der Waals surface area contributed by atoms with Gasteiger partial charge in [-0.15, -0.1) is 11.3 Å². The van der Waals surface area contributed by atoms with Gasteiger partial charge in [0.25, 0.3) is 17.7 Å². The van der Waals surface area contributed by atoms with Crippen molar-refractivity contribution in [2.75, 3.05) is 112 Å². The van der Waals surface area contributed by atoms with E-state index in [0.717, 1.165) is 20.4 Å². The fourth-order valence-electron chi connectivity index (χ4n) is 15.4. The largest absolute Gasteiger partial charge is 0.431 e. The van der Waals surface area contributed by atoms with Crippen LogP contribution in [0.4, 0.5) is 15.3 Å². The molecule has 10 amide bonds. The number of benzene rings is 2. The van der Waals surface area contributed by atoms with Crippen molar-refractivity contribution in [3.63, 3.8) is 0 Å². The summed E-state index contributed by atoms with van der Waals surface area (Å²) in [4.78, 5) is 192. The summed E-state index contributed by atoms with van der Waals surface area (Å²) in [7, 11) is 6.53. The van der Waals surface area contributed by atoms with Gasteiger partial charge in [0.1, 0.15) is 11.6 Å². The van der Waals surface area contributed by atoms with Gasteiger partial charge in [-0.05, 0) is 86.9 Å². The van der Waals surface area contributed by atoms with Crippen LogP contribution in [-0.4, -0.2) is 253 Å². The zero-order valence-corrected chi connectivity index (χ0v) is 69.9. The zero-order chi connectivity index (χ0) is 83.9. The Kier molecular flexibility index (Phi) is 39.1. The number of urea groups is 1. The number of primary amides is 1. The first-order valence-electron chi connectivity index (χ1n) is 40.4. The predicted molar refractivity (Wildman–Crippen MR) is 431 cm³/mol. The molecule has 6 rings (SSSR count). The standard InChI is InChI=1S/C84H125N11O18S/c1-14-56(8)77(70(110-13)51-74(104)94-36-19-25-66(94)65(52-96)57(9)67(98)49-61(80-86-35-46-114-80)47-58-21-16-15-17-22-58)91(11)81(106)64(53(2)3)50-69(100)76(55(6)7)92(12)84(109)113-78(82(107)93-40-38-90(10)39-41-93)59-26-28-62(29-27-59)88-79(105)60(23-18-34-87-83(85)108)48-68(99)75(54(4)5)89-71(101)33-43-112-45-44-111-42-20-24-63(97)32-37-95-72(102)30-31-73(95)103/h15-17,21-22,26-31,35,46,53-57,60-61,64-66,70,75-78,96H,14,18-20,23-25,32-34,36-45,47-52H2,1-13H3,(H,88,105)(H,89,101)(H3,85,87,108)/t56-,57+,60+,61+,64-,65+,66-,70+,75-,76-,77-,78?/m0/s1. The summed E-state index contributed by atoms with van der Waals surface area (Å²) in [6.07, 6.45) is 3.84. The number of thiazole rings is 1. The van der Waals surface area contributed by atoms with Crippen LogP contribution in [-0.2, 0) is 78.1 Å². The molecule has 0 aliphatic carbocycles. The number of rotatable bonds is 50. The molecule has 2 fully saturated rings. The van der Waals surface area contributed by atoms with E-state index in [0.29, 0.717) is 64.8 Å². The molecule has 0 spiro atoms. The van der Waals surface area contributed by atoms with E-state index in [2.05, 4.69) is 25.8 Å². The average Bonchev–Trinajstić information content (AvgIpc) is 1.36. The van der Waals surface area contributed by atoms with Crippen molar-refractivity contribution in [2.45, 2.75) is 194 Å². The minimum absolute atomic E-state index is 0.0148. The number of ether oxygens (including phenoxy) is 4. The minimum atomic E-state index is -1.52. The van der Waals surface area contributed by atoms with Crippen molar-refractivity contribution in [1.82, 2.24) is 45.0 Å². The number of hydrogen-bond acceptors (Lipinski definition) is 21. The molecule has 3 aliphatic heterocycles. The zero-order valence-electron chi connectivity index (χ0n) is 69.1. The van der Waals surface area contributed by atoms with Gasteiger partial charge in [-0.3, -0.25) is 57.6 Å². The number of nitrogens with two attached hydrogens (primary N) is 1. The van der Waals surface area contributed by atoms with Crippen LogP contribution in [0.3, 0.4) is 0 Å². The number of aliphatic hydroxyl groups is 1. The first kappa shape index (κ1) is 94.2. The maximum atomic E-state index is 15.2. The molecule has 0 saturated carbocycles. The van der Waals surface area contributed by atoms with Gasteiger partial charge in [0.15, 0.2) is 11.6 Å². The van der Waals surface area contributed by atoms with Crippen LogP contribution in [0.1, 0.15) is 174 Å². The van der Waals surface area contributed by atoms with Crippen LogP contribution >= 0.6 is 11.3 Å². The quantitative estimate of drug-likeness (QED) is 0.0264. The Balaban J connectivity index is 1.09. The fourth-order valence-corrected chi connectivity index (χ4v) is 16.1. The second-order valence-corrected chi connectivity index (χ2v) is 32.5. The highest BCUT2D eigenvalue weighted by molar-refractivity contribution is 7.09. The summed E-state index contributed by atoms with van der Waals surface area (Å²) in [6.45, 7) is 19.2. The number of carbonyl (C=O) groups excluding carboxylic acids is 13.